The van der Waals surface area contributed by atoms with Crippen LogP contribution in [0.1, 0.15) is 18.2 Å². The number of hydrogen-bond donors (Lipinski definition) is 1. The van der Waals surface area contributed by atoms with Gasteiger partial charge in [0.05, 0.1) is 21.7 Å². The van der Waals surface area contributed by atoms with Crippen LogP contribution in [0.3, 0.4) is 0 Å². The third-order valence-electron chi connectivity index (χ3n) is 4.84. The second-order valence-corrected chi connectivity index (χ2v) is 6.45. The number of fused-ring (bicyclic) bond motifs is 1. The van der Waals surface area contributed by atoms with Gasteiger partial charge in [0.25, 0.3) is 5.69 Å². The van der Waals surface area contributed by atoms with Gasteiger partial charge in [0.2, 0.25) is 0 Å². The van der Waals surface area contributed by atoms with Crippen LogP contribution in [0, 0.1) is 23.0 Å². The molecule has 7 heteroatoms. The standard InChI is InChI=1S/C19H19N3O4/c1-11(19(23)24)8-15-12(2)21(3)16-9-14(13-4-6-20-7-5-13)10-17(18(15)16)22(25)26/h4-7,9-11H,8H2,1-3H3,(H,23,24). The Balaban J connectivity index is 2.30. The lowest BCUT2D eigenvalue weighted by atomic mass is 9.96. The number of rotatable bonds is 5. The van der Waals surface area contributed by atoms with E-state index in [4.69, 9.17) is 0 Å². The van der Waals surface area contributed by atoms with Crippen LogP contribution in [0.4, 0.5) is 5.69 Å². The first kappa shape index (κ1) is 17.6. The minimum Gasteiger partial charge on any atom is -0.481 e. The van der Waals surface area contributed by atoms with Crippen molar-refractivity contribution in [1.82, 2.24) is 9.55 Å². The van der Waals surface area contributed by atoms with Gasteiger partial charge >= 0.3 is 5.97 Å². The summed E-state index contributed by atoms with van der Waals surface area (Å²) < 4.78 is 1.89. The predicted molar refractivity (Wildman–Crippen MR) is 98.0 cm³/mol. The van der Waals surface area contributed by atoms with Crippen LogP contribution < -0.4 is 0 Å². The second kappa shape index (κ2) is 6.59. The normalized spacial score (nSPS) is 12.3. The highest BCUT2D eigenvalue weighted by atomic mass is 16.6. The van der Waals surface area contributed by atoms with Crippen molar-refractivity contribution in [1.29, 1.82) is 0 Å². The van der Waals surface area contributed by atoms with Gasteiger partial charge in [0.1, 0.15) is 0 Å². The van der Waals surface area contributed by atoms with Crippen LogP contribution >= 0.6 is 0 Å². The summed E-state index contributed by atoms with van der Waals surface area (Å²) in [6, 6.07) is 7.05. The summed E-state index contributed by atoms with van der Waals surface area (Å²) in [5.41, 5.74) is 3.82. The van der Waals surface area contributed by atoms with Gasteiger partial charge < -0.3 is 9.67 Å². The lowest BCUT2D eigenvalue weighted by molar-refractivity contribution is -0.383. The van der Waals surface area contributed by atoms with Crippen molar-refractivity contribution in [3.8, 4) is 11.1 Å². The Morgan fingerprint density at radius 2 is 1.96 bits per heavy atom. The molecule has 0 fully saturated rings. The van der Waals surface area contributed by atoms with Crippen LogP contribution in [0.15, 0.2) is 36.7 Å². The van der Waals surface area contributed by atoms with Gasteiger partial charge in [-0.05, 0) is 48.2 Å². The molecule has 1 atom stereocenters. The topological polar surface area (TPSA) is 98.3 Å². The maximum Gasteiger partial charge on any atom is 0.306 e. The summed E-state index contributed by atoms with van der Waals surface area (Å²) in [6.45, 7) is 3.47. The molecule has 0 amide bonds. The number of nitrogens with zero attached hydrogens (tertiary/aromatic N) is 3. The Kier molecular flexibility index (Phi) is 4.46. The molecule has 0 saturated heterocycles. The highest BCUT2D eigenvalue weighted by molar-refractivity contribution is 5.97. The Labute approximate surface area is 150 Å². The lowest BCUT2D eigenvalue weighted by Gasteiger charge is -2.07. The Morgan fingerprint density at radius 3 is 2.54 bits per heavy atom. The van der Waals surface area contributed by atoms with Gasteiger partial charge in [-0.25, -0.2) is 0 Å². The molecule has 2 aromatic heterocycles. The SMILES string of the molecule is Cc1c(CC(C)C(=O)O)c2c([N+](=O)[O-])cc(-c3ccncc3)cc2n1C. The van der Waals surface area contributed by atoms with Crippen molar-refractivity contribution < 1.29 is 14.8 Å². The molecule has 0 radical (unpaired) electrons. The molecule has 0 saturated carbocycles. The molecule has 1 aromatic carbocycles. The molecule has 0 aliphatic heterocycles. The molecule has 1 unspecified atom stereocenters. The van der Waals surface area contributed by atoms with E-state index in [9.17, 15) is 20.0 Å². The van der Waals surface area contributed by atoms with Crippen molar-refractivity contribution in [2.24, 2.45) is 13.0 Å². The average molecular weight is 353 g/mol. The smallest absolute Gasteiger partial charge is 0.306 e. The number of aryl methyl sites for hydroxylation is 1. The van der Waals surface area contributed by atoms with Crippen LogP contribution in [0.2, 0.25) is 0 Å². The number of benzene rings is 1. The number of aliphatic carboxylic acids is 1. The van der Waals surface area contributed by atoms with Gasteiger partial charge in [0, 0.05) is 31.2 Å². The number of carbonyl (C=O) groups is 1. The van der Waals surface area contributed by atoms with Gasteiger partial charge in [-0.3, -0.25) is 19.9 Å². The molecule has 0 bridgehead atoms. The zero-order chi connectivity index (χ0) is 19.0. The maximum atomic E-state index is 11.8. The molecular weight excluding hydrogens is 334 g/mol. The monoisotopic (exact) mass is 353 g/mol. The van der Waals surface area contributed by atoms with E-state index in [1.54, 1.807) is 37.5 Å². The van der Waals surface area contributed by atoms with E-state index in [0.29, 0.717) is 10.9 Å². The number of nitro groups is 1. The van der Waals surface area contributed by atoms with Gasteiger partial charge in [0.15, 0.2) is 0 Å². The highest BCUT2D eigenvalue weighted by Crippen LogP contribution is 2.38. The fourth-order valence-electron chi connectivity index (χ4n) is 3.25. The third-order valence-corrected chi connectivity index (χ3v) is 4.84. The Bertz CT molecular complexity index is 1010. The summed E-state index contributed by atoms with van der Waals surface area (Å²) in [5, 5.41) is 21.5. The third kappa shape index (κ3) is 2.92. The van der Waals surface area contributed by atoms with E-state index in [1.165, 1.54) is 0 Å². The number of carboxylic acids is 1. The van der Waals surface area contributed by atoms with Gasteiger partial charge in [-0.15, -0.1) is 0 Å². The van der Waals surface area contributed by atoms with Crippen LogP contribution in [0.25, 0.3) is 22.0 Å². The van der Waals surface area contributed by atoms with E-state index < -0.39 is 16.8 Å². The van der Waals surface area contributed by atoms with E-state index in [2.05, 4.69) is 4.98 Å². The Morgan fingerprint density at radius 1 is 1.31 bits per heavy atom. The minimum absolute atomic E-state index is 0.00870. The van der Waals surface area contributed by atoms with Crippen molar-refractivity contribution in [2.45, 2.75) is 20.3 Å². The quantitative estimate of drug-likeness (QED) is 0.557. The summed E-state index contributed by atoms with van der Waals surface area (Å²) in [7, 11) is 1.84. The lowest BCUT2D eigenvalue weighted by Crippen LogP contribution is -2.13. The summed E-state index contributed by atoms with van der Waals surface area (Å²) in [6.07, 6.45) is 3.52. The molecule has 3 aromatic rings. The zero-order valence-electron chi connectivity index (χ0n) is 14.8. The van der Waals surface area contributed by atoms with Crippen LogP contribution in [0.5, 0.6) is 0 Å². The largest absolute Gasteiger partial charge is 0.481 e. The first-order chi connectivity index (χ1) is 12.3. The van der Waals surface area contributed by atoms with E-state index in [0.717, 1.165) is 22.3 Å². The first-order valence-corrected chi connectivity index (χ1v) is 8.20. The van der Waals surface area contributed by atoms with Crippen molar-refractivity contribution >= 4 is 22.6 Å². The molecule has 2 heterocycles. The zero-order valence-corrected chi connectivity index (χ0v) is 14.8. The predicted octanol–water partition coefficient (Wildman–Crippen LogP) is 3.72. The summed E-state index contributed by atoms with van der Waals surface area (Å²) in [4.78, 5) is 26.6. The summed E-state index contributed by atoms with van der Waals surface area (Å²) in [5.74, 6) is -1.55. The van der Waals surface area contributed by atoms with Crippen LogP contribution in [-0.2, 0) is 18.3 Å². The molecule has 0 aliphatic rings. The second-order valence-electron chi connectivity index (χ2n) is 6.45. The van der Waals surface area contributed by atoms with Crippen molar-refractivity contribution in [3.63, 3.8) is 0 Å². The van der Waals surface area contributed by atoms with Crippen LogP contribution in [-0.4, -0.2) is 25.6 Å². The van der Waals surface area contributed by atoms with Gasteiger partial charge in [-0.1, -0.05) is 6.92 Å². The number of aromatic nitrogens is 2. The first-order valence-electron chi connectivity index (χ1n) is 8.20. The van der Waals surface area contributed by atoms with Gasteiger partial charge in [-0.2, -0.15) is 0 Å². The fourth-order valence-corrected chi connectivity index (χ4v) is 3.25. The molecule has 7 nitrogen and oxygen atoms in total. The van der Waals surface area contributed by atoms with Crippen molar-refractivity contribution in [3.05, 3.63) is 58.0 Å². The molecule has 1 N–H and O–H groups in total. The van der Waals surface area contributed by atoms with E-state index in [1.807, 2.05) is 24.6 Å². The number of pyridine rings is 1. The summed E-state index contributed by atoms with van der Waals surface area (Å²) >= 11 is 0. The number of nitro benzene ring substituents is 1. The number of hydrogen-bond acceptors (Lipinski definition) is 4. The van der Waals surface area contributed by atoms with E-state index in [-0.39, 0.29) is 12.1 Å². The molecular formula is C19H19N3O4. The van der Waals surface area contributed by atoms with Crippen molar-refractivity contribution in [2.75, 3.05) is 0 Å². The molecule has 26 heavy (non-hydrogen) atoms. The molecule has 0 aliphatic carbocycles. The number of carboxylic acid groups (broad SMARTS) is 1. The average Bonchev–Trinajstić information content (AvgIpc) is 2.86. The fraction of sp³-hybridized carbons (Fsp3) is 0.263. The number of non-ortho nitro benzene ring substituents is 1. The Hall–Kier alpha value is -3.22. The molecule has 0 spiro atoms. The minimum atomic E-state index is -0.919. The molecule has 134 valence electrons. The highest BCUT2D eigenvalue weighted by Gasteiger charge is 2.25. The van der Waals surface area contributed by atoms with E-state index >= 15 is 0 Å². The molecule has 3 rings (SSSR count). The maximum absolute atomic E-state index is 11.8.